The number of ether oxygens (including phenoxy) is 1. The van der Waals surface area contributed by atoms with E-state index in [0.29, 0.717) is 16.0 Å². The van der Waals surface area contributed by atoms with Gasteiger partial charge in [0, 0.05) is 5.02 Å². The van der Waals surface area contributed by atoms with Gasteiger partial charge in [0.15, 0.2) is 0 Å². The van der Waals surface area contributed by atoms with Crippen LogP contribution in [0.25, 0.3) is 11.0 Å². The highest BCUT2D eigenvalue weighted by atomic mass is 35.5. The number of rotatable bonds is 5. The summed E-state index contributed by atoms with van der Waals surface area (Å²) in [6, 6.07) is 3.84. The molecule has 29 heavy (non-hydrogen) atoms. The number of nitrogens with one attached hydrogen (secondary N) is 2. The lowest BCUT2D eigenvalue weighted by molar-refractivity contribution is -0.124. The zero-order valence-electron chi connectivity index (χ0n) is 16.9. The topological polar surface area (TPSA) is 110 Å². The Labute approximate surface area is 173 Å². The highest BCUT2D eigenvalue weighted by Crippen LogP contribution is 2.16. The molecular formula is C20H24ClN3O5. The fraction of sp³-hybridized carbons (Fsp3) is 0.400. The number of fused-ring (bicyclic) bond motifs is 1. The molecule has 0 aliphatic rings. The Hall–Kier alpha value is -2.87. The number of amides is 2. The minimum Gasteiger partial charge on any atom is -0.463 e. The lowest BCUT2D eigenvalue weighted by Crippen LogP contribution is -2.49. The van der Waals surface area contributed by atoms with Crippen molar-refractivity contribution in [1.29, 1.82) is 0 Å². The van der Waals surface area contributed by atoms with Crippen LogP contribution >= 0.6 is 11.6 Å². The maximum absolute atomic E-state index is 12.5. The standard InChI is InChI=1S/C20H24ClN3O5/c1-11(2)16(23-19(27)29-20(3,4)5)18(26)24-22-9-12-10-28-15-7-6-13(21)8-14(15)17(12)25/h6-11,16H,1-5H3,(H,23,27)(H,24,26)/b22-9-/t16-/m1/s1. The lowest BCUT2D eigenvalue weighted by atomic mass is 10.0. The van der Waals surface area contributed by atoms with Gasteiger partial charge in [-0.2, -0.15) is 5.10 Å². The summed E-state index contributed by atoms with van der Waals surface area (Å²) in [6.07, 6.45) is 1.71. The average molecular weight is 422 g/mol. The number of nitrogens with zero attached hydrogens (tertiary/aromatic N) is 1. The molecule has 2 aromatic rings. The van der Waals surface area contributed by atoms with Crippen molar-refractivity contribution < 1.29 is 18.7 Å². The smallest absolute Gasteiger partial charge is 0.408 e. The van der Waals surface area contributed by atoms with E-state index in [4.69, 9.17) is 20.8 Å². The fourth-order valence-corrected chi connectivity index (χ4v) is 2.58. The Morgan fingerprint density at radius 3 is 2.59 bits per heavy atom. The molecule has 2 N–H and O–H groups in total. The summed E-state index contributed by atoms with van der Waals surface area (Å²) < 4.78 is 10.6. The first-order valence-electron chi connectivity index (χ1n) is 9.01. The number of hydrazone groups is 1. The summed E-state index contributed by atoms with van der Waals surface area (Å²) in [7, 11) is 0. The first kappa shape index (κ1) is 22.4. The van der Waals surface area contributed by atoms with Crippen LogP contribution in [0.4, 0.5) is 4.79 Å². The highest BCUT2D eigenvalue weighted by molar-refractivity contribution is 6.31. The van der Waals surface area contributed by atoms with Gasteiger partial charge in [-0.15, -0.1) is 0 Å². The van der Waals surface area contributed by atoms with E-state index in [1.807, 2.05) is 0 Å². The van der Waals surface area contributed by atoms with E-state index in [1.165, 1.54) is 18.5 Å². The van der Waals surface area contributed by atoms with Crippen LogP contribution in [0.1, 0.15) is 40.2 Å². The zero-order chi connectivity index (χ0) is 21.8. The summed E-state index contributed by atoms with van der Waals surface area (Å²) in [5, 5.41) is 7.04. The largest absolute Gasteiger partial charge is 0.463 e. The van der Waals surface area contributed by atoms with Crippen LogP contribution in [-0.2, 0) is 9.53 Å². The molecule has 0 bridgehead atoms. The molecular weight excluding hydrogens is 398 g/mol. The Morgan fingerprint density at radius 2 is 1.97 bits per heavy atom. The van der Waals surface area contributed by atoms with Crippen molar-refractivity contribution in [3.8, 4) is 0 Å². The molecule has 156 valence electrons. The molecule has 0 fully saturated rings. The third kappa shape index (κ3) is 6.32. The molecule has 2 amide bonds. The van der Waals surface area contributed by atoms with Gasteiger partial charge in [-0.3, -0.25) is 9.59 Å². The molecule has 1 atom stereocenters. The molecule has 0 aliphatic heterocycles. The summed E-state index contributed by atoms with van der Waals surface area (Å²) in [4.78, 5) is 36.8. The summed E-state index contributed by atoms with van der Waals surface area (Å²) in [5.74, 6) is -0.763. The van der Waals surface area contributed by atoms with Crippen LogP contribution in [0.5, 0.6) is 0 Å². The van der Waals surface area contributed by atoms with Gasteiger partial charge in [-0.05, 0) is 44.9 Å². The van der Waals surface area contributed by atoms with Crippen LogP contribution < -0.4 is 16.2 Å². The molecule has 1 aromatic carbocycles. The maximum atomic E-state index is 12.5. The van der Waals surface area contributed by atoms with E-state index < -0.39 is 23.6 Å². The van der Waals surface area contributed by atoms with Crippen molar-refractivity contribution in [2.75, 3.05) is 0 Å². The van der Waals surface area contributed by atoms with Gasteiger partial charge in [-0.25, -0.2) is 10.2 Å². The highest BCUT2D eigenvalue weighted by Gasteiger charge is 2.26. The summed E-state index contributed by atoms with van der Waals surface area (Å²) >= 11 is 5.92. The number of benzene rings is 1. The van der Waals surface area contributed by atoms with Gasteiger partial charge >= 0.3 is 6.09 Å². The molecule has 2 rings (SSSR count). The molecule has 0 unspecified atom stereocenters. The molecule has 0 radical (unpaired) electrons. The van der Waals surface area contributed by atoms with Crippen molar-refractivity contribution in [2.24, 2.45) is 11.0 Å². The molecule has 1 aromatic heterocycles. The third-order valence-electron chi connectivity index (χ3n) is 3.76. The Bertz CT molecular complexity index is 992. The van der Waals surface area contributed by atoms with E-state index in [1.54, 1.807) is 46.8 Å². The molecule has 0 saturated heterocycles. The van der Waals surface area contributed by atoms with Gasteiger partial charge in [0.05, 0.1) is 17.2 Å². The number of halogens is 1. The fourth-order valence-electron chi connectivity index (χ4n) is 2.41. The second kappa shape index (κ2) is 9.09. The van der Waals surface area contributed by atoms with Crippen LogP contribution in [0.2, 0.25) is 5.02 Å². The van der Waals surface area contributed by atoms with Gasteiger partial charge in [0.25, 0.3) is 5.91 Å². The normalized spacial score (nSPS) is 12.9. The van der Waals surface area contributed by atoms with Gasteiger partial charge in [0.1, 0.15) is 23.5 Å². The minimum absolute atomic E-state index is 0.140. The van der Waals surface area contributed by atoms with Crippen molar-refractivity contribution in [1.82, 2.24) is 10.7 Å². The van der Waals surface area contributed by atoms with E-state index >= 15 is 0 Å². The second-order valence-corrected chi connectivity index (χ2v) is 8.20. The Balaban J connectivity index is 2.10. The minimum atomic E-state index is -0.867. The van der Waals surface area contributed by atoms with Crippen molar-refractivity contribution >= 4 is 40.8 Å². The number of hydrogen-bond acceptors (Lipinski definition) is 6. The average Bonchev–Trinajstić information content (AvgIpc) is 2.60. The van der Waals surface area contributed by atoms with E-state index in [0.717, 1.165) is 0 Å². The quantitative estimate of drug-likeness (QED) is 0.567. The molecule has 8 nitrogen and oxygen atoms in total. The number of hydrogen-bond donors (Lipinski definition) is 2. The van der Waals surface area contributed by atoms with Crippen molar-refractivity contribution in [3.63, 3.8) is 0 Å². The molecule has 1 heterocycles. The Morgan fingerprint density at radius 1 is 1.28 bits per heavy atom. The second-order valence-electron chi connectivity index (χ2n) is 7.76. The molecule has 9 heteroatoms. The molecule has 0 saturated carbocycles. The van der Waals surface area contributed by atoms with Crippen molar-refractivity contribution in [2.45, 2.75) is 46.3 Å². The predicted molar refractivity (Wildman–Crippen MR) is 111 cm³/mol. The Kier molecular flexibility index (Phi) is 7.02. The number of carbonyl (C=O) groups is 2. The van der Waals surface area contributed by atoms with Crippen LogP contribution in [0.3, 0.4) is 0 Å². The summed E-state index contributed by atoms with van der Waals surface area (Å²) in [6.45, 7) is 8.72. The van der Waals surface area contributed by atoms with Crippen LogP contribution in [0, 0.1) is 5.92 Å². The SMILES string of the molecule is CC(C)[C@@H](NC(=O)OC(C)(C)C)C(=O)N/N=C\c1coc2ccc(Cl)cc2c1=O. The maximum Gasteiger partial charge on any atom is 0.408 e. The van der Waals surface area contributed by atoms with Crippen molar-refractivity contribution in [3.05, 3.63) is 45.3 Å². The van der Waals surface area contributed by atoms with Gasteiger partial charge in [-0.1, -0.05) is 25.4 Å². The molecule has 0 aliphatic carbocycles. The first-order valence-corrected chi connectivity index (χ1v) is 9.39. The number of alkyl carbamates (subject to hydrolysis) is 1. The van der Waals surface area contributed by atoms with E-state index in [-0.39, 0.29) is 16.9 Å². The predicted octanol–water partition coefficient (Wildman–Crippen LogP) is 3.45. The monoisotopic (exact) mass is 421 g/mol. The first-order chi connectivity index (χ1) is 13.5. The lowest BCUT2D eigenvalue weighted by Gasteiger charge is -2.24. The van der Waals surface area contributed by atoms with Gasteiger partial charge < -0.3 is 14.5 Å². The van der Waals surface area contributed by atoms with Gasteiger partial charge in [0.2, 0.25) is 5.43 Å². The number of carbonyl (C=O) groups excluding carboxylic acids is 2. The molecule has 0 spiro atoms. The van der Waals surface area contributed by atoms with Crippen LogP contribution in [0.15, 0.2) is 38.8 Å². The van der Waals surface area contributed by atoms with E-state index in [9.17, 15) is 14.4 Å². The third-order valence-corrected chi connectivity index (χ3v) is 4.00. The summed E-state index contributed by atoms with van der Waals surface area (Å²) in [5.41, 5.74) is 1.83. The van der Waals surface area contributed by atoms with Crippen LogP contribution in [-0.4, -0.2) is 29.9 Å². The zero-order valence-corrected chi connectivity index (χ0v) is 17.7. The van der Waals surface area contributed by atoms with E-state index in [2.05, 4.69) is 15.8 Å².